The highest BCUT2D eigenvalue weighted by Gasteiger charge is 2.16. The van der Waals surface area contributed by atoms with Gasteiger partial charge in [0.1, 0.15) is 5.82 Å². The number of hydrogen-bond acceptors (Lipinski definition) is 1. The highest BCUT2D eigenvalue weighted by atomic mass is 35.5. The first-order valence-corrected chi connectivity index (χ1v) is 7.08. The number of rotatable bonds is 4. The van der Waals surface area contributed by atoms with Crippen LogP contribution in [0.15, 0.2) is 36.4 Å². The van der Waals surface area contributed by atoms with Crippen molar-refractivity contribution in [2.45, 2.75) is 26.3 Å². The van der Waals surface area contributed by atoms with Gasteiger partial charge in [-0.05, 0) is 50.6 Å². The second-order valence-electron chi connectivity index (χ2n) is 5.11. The molecular formula is C17H19ClFN. The Morgan fingerprint density at radius 2 is 1.95 bits per heavy atom. The van der Waals surface area contributed by atoms with E-state index in [0.29, 0.717) is 17.0 Å². The van der Waals surface area contributed by atoms with E-state index in [1.54, 1.807) is 12.1 Å². The Hall–Kier alpha value is -1.38. The molecule has 1 N–H and O–H groups in total. The van der Waals surface area contributed by atoms with E-state index in [9.17, 15) is 4.39 Å². The number of likely N-dealkylation sites (N-methyl/N-ethyl adjacent to an activating group) is 1. The van der Waals surface area contributed by atoms with Crippen LogP contribution in [0.25, 0.3) is 0 Å². The van der Waals surface area contributed by atoms with Crippen molar-refractivity contribution in [1.29, 1.82) is 0 Å². The third kappa shape index (κ3) is 3.20. The monoisotopic (exact) mass is 291 g/mol. The van der Waals surface area contributed by atoms with Crippen LogP contribution in [0, 0.1) is 19.7 Å². The molecule has 0 aliphatic carbocycles. The van der Waals surface area contributed by atoms with Gasteiger partial charge in [-0.15, -0.1) is 0 Å². The fourth-order valence-electron chi connectivity index (χ4n) is 2.52. The molecule has 0 radical (unpaired) electrons. The van der Waals surface area contributed by atoms with Crippen LogP contribution in [0.4, 0.5) is 4.39 Å². The van der Waals surface area contributed by atoms with Crippen LogP contribution in [0.1, 0.15) is 28.3 Å². The Balaban J connectivity index is 2.34. The molecule has 0 heterocycles. The fraction of sp³-hybridized carbons (Fsp3) is 0.294. The van der Waals surface area contributed by atoms with Gasteiger partial charge in [0, 0.05) is 16.6 Å². The van der Waals surface area contributed by atoms with Crippen molar-refractivity contribution >= 4 is 11.6 Å². The lowest BCUT2D eigenvalue weighted by molar-refractivity contribution is 0.553. The molecule has 106 valence electrons. The number of aryl methyl sites for hydroxylation is 2. The summed E-state index contributed by atoms with van der Waals surface area (Å²) in [6.45, 7) is 4.15. The average Bonchev–Trinajstić information content (AvgIpc) is 2.40. The summed E-state index contributed by atoms with van der Waals surface area (Å²) in [5, 5.41) is 3.74. The van der Waals surface area contributed by atoms with Crippen LogP contribution in [0.3, 0.4) is 0 Å². The predicted molar refractivity (Wildman–Crippen MR) is 82.8 cm³/mol. The zero-order valence-corrected chi connectivity index (χ0v) is 12.8. The van der Waals surface area contributed by atoms with Crippen LogP contribution in [0.2, 0.25) is 5.02 Å². The smallest absolute Gasteiger partial charge is 0.127 e. The van der Waals surface area contributed by atoms with E-state index < -0.39 is 0 Å². The first-order chi connectivity index (χ1) is 9.52. The Bertz CT molecular complexity index is 590. The van der Waals surface area contributed by atoms with Gasteiger partial charge in [0.25, 0.3) is 0 Å². The molecule has 20 heavy (non-hydrogen) atoms. The molecule has 0 saturated heterocycles. The van der Waals surface area contributed by atoms with E-state index in [0.717, 1.165) is 0 Å². The molecule has 1 nitrogen and oxygen atoms in total. The van der Waals surface area contributed by atoms with E-state index in [4.69, 9.17) is 11.6 Å². The van der Waals surface area contributed by atoms with Gasteiger partial charge in [0.15, 0.2) is 0 Å². The lowest BCUT2D eigenvalue weighted by Crippen LogP contribution is -2.20. The number of benzene rings is 2. The molecule has 0 fully saturated rings. The van der Waals surface area contributed by atoms with E-state index in [1.807, 2.05) is 7.05 Å². The highest BCUT2D eigenvalue weighted by molar-refractivity contribution is 6.31. The third-order valence-corrected chi connectivity index (χ3v) is 3.97. The van der Waals surface area contributed by atoms with Crippen LogP contribution in [-0.2, 0) is 6.42 Å². The maximum absolute atomic E-state index is 13.9. The van der Waals surface area contributed by atoms with Crippen LogP contribution < -0.4 is 5.32 Å². The summed E-state index contributed by atoms with van der Waals surface area (Å²) in [6.07, 6.45) is 0.534. The summed E-state index contributed by atoms with van der Waals surface area (Å²) in [5.74, 6) is -0.248. The third-order valence-electron chi connectivity index (χ3n) is 3.62. The summed E-state index contributed by atoms with van der Waals surface area (Å²) in [4.78, 5) is 0. The van der Waals surface area contributed by atoms with Gasteiger partial charge in [-0.1, -0.05) is 41.4 Å². The van der Waals surface area contributed by atoms with Gasteiger partial charge in [-0.3, -0.25) is 0 Å². The van der Waals surface area contributed by atoms with Gasteiger partial charge in [-0.2, -0.15) is 0 Å². The molecular weight excluding hydrogens is 273 g/mol. The first kappa shape index (κ1) is 15.0. The minimum Gasteiger partial charge on any atom is -0.313 e. The van der Waals surface area contributed by atoms with Crippen molar-refractivity contribution in [3.05, 3.63) is 69.5 Å². The van der Waals surface area contributed by atoms with E-state index in [2.05, 4.69) is 37.4 Å². The fourth-order valence-corrected chi connectivity index (χ4v) is 2.76. The van der Waals surface area contributed by atoms with Crippen molar-refractivity contribution < 1.29 is 4.39 Å². The summed E-state index contributed by atoms with van der Waals surface area (Å²) in [5.41, 5.74) is 4.17. The quantitative estimate of drug-likeness (QED) is 0.868. The van der Waals surface area contributed by atoms with Gasteiger partial charge in [0.05, 0.1) is 0 Å². The molecule has 3 heteroatoms. The van der Waals surface area contributed by atoms with Gasteiger partial charge >= 0.3 is 0 Å². The maximum atomic E-state index is 13.9. The molecule has 1 atom stereocenters. The zero-order chi connectivity index (χ0) is 14.7. The lowest BCUT2D eigenvalue weighted by atomic mass is 9.94. The number of hydrogen-bond donors (Lipinski definition) is 1. The number of nitrogens with one attached hydrogen (secondary N) is 1. The minimum absolute atomic E-state index is 0.0463. The standard InChI is InChI=1S/C17H19ClFN/c1-11-7-8-13(12(2)9-11)17(20-3)10-14-15(18)5-4-6-16(14)19/h4-9,17,20H,10H2,1-3H3. The Labute approximate surface area is 124 Å². The van der Waals surface area contributed by atoms with Gasteiger partial charge < -0.3 is 5.32 Å². The predicted octanol–water partition coefficient (Wildman–Crippen LogP) is 4.60. The van der Waals surface area contributed by atoms with Crippen molar-refractivity contribution in [2.75, 3.05) is 7.05 Å². The zero-order valence-electron chi connectivity index (χ0n) is 12.0. The Morgan fingerprint density at radius 1 is 1.20 bits per heavy atom. The molecule has 2 rings (SSSR count). The molecule has 2 aromatic carbocycles. The van der Waals surface area contributed by atoms with Crippen molar-refractivity contribution in [3.63, 3.8) is 0 Å². The SMILES string of the molecule is CNC(Cc1c(F)cccc1Cl)c1ccc(C)cc1C. The maximum Gasteiger partial charge on any atom is 0.127 e. The summed E-state index contributed by atoms with van der Waals surface area (Å²) in [7, 11) is 1.89. The summed E-state index contributed by atoms with van der Waals surface area (Å²) >= 11 is 6.12. The van der Waals surface area contributed by atoms with Crippen LogP contribution in [0.5, 0.6) is 0 Å². The Morgan fingerprint density at radius 3 is 2.55 bits per heavy atom. The van der Waals surface area contributed by atoms with E-state index >= 15 is 0 Å². The normalized spacial score (nSPS) is 12.4. The summed E-state index contributed by atoms with van der Waals surface area (Å²) < 4.78 is 13.9. The topological polar surface area (TPSA) is 12.0 Å². The van der Waals surface area contributed by atoms with Crippen molar-refractivity contribution in [3.8, 4) is 0 Å². The molecule has 2 aromatic rings. The molecule has 0 saturated carbocycles. The lowest BCUT2D eigenvalue weighted by Gasteiger charge is -2.20. The van der Waals surface area contributed by atoms with E-state index in [-0.39, 0.29) is 11.9 Å². The van der Waals surface area contributed by atoms with Crippen molar-refractivity contribution in [2.24, 2.45) is 0 Å². The molecule has 0 aromatic heterocycles. The Kier molecular flexibility index (Phi) is 4.79. The molecule has 0 aliphatic rings. The molecule has 1 unspecified atom stereocenters. The first-order valence-electron chi connectivity index (χ1n) is 6.70. The molecule has 0 bridgehead atoms. The van der Waals surface area contributed by atoms with Gasteiger partial charge in [-0.25, -0.2) is 4.39 Å². The minimum atomic E-state index is -0.248. The van der Waals surface area contributed by atoms with Crippen LogP contribution in [-0.4, -0.2) is 7.05 Å². The molecule has 0 amide bonds. The van der Waals surface area contributed by atoms with Crippen LogP contribution >= 0.6 is 11.6 Å². The van der Waals surface area contributed by atoms with Crippen molar-refractivity contribution in [1.82, 2.24) is 5.32 Å². The van der Waals surface area contributed by atoms with E-state index in [1.165, 1.54) is 22.8 Å². The summed E-state index contributed by atoms with van der Waals surface area (Å²) in [6, 6.07) is 11.2. The largest absolute Gasteiger partial charge is 0.313 e. The second-order valence-corrected chi connectivity index (χ2v) is 5.51. The molecule has 0 spiro atoms. The highest BCUT2D eigenvalue weighted by Crippen LogP contribution is 2.27. The number of halogens is 2. The second kappa shape index (κ2) is 6.38. The van der Waals surface area contributed by atoms with Gasteiger partial charge in [0.2, 0.25) is 0 Å². The molecule has 0 aliphatic heterocycles. The average molecular weight is 292 g/mol.